The zero-order chi connectivity index (χ0) is 9.10. The summed E-state index contributed by atoms with van der Waals surface area (Å²) in [7, 11) is 7.03. The van der Waals surface area contributed by atoms with Crippen LogP contribution in [0.1, 0.15) is 6.92 Å². The Labute approximate surface area is 103 Å². The van der Waals surface area contributed by atoms with Crippen LogP contribution >= 0.6 is 55.9 Å². The zero-order valence-corrected chi connectivity index (χ0v) is 12.3. The molecule has 0 spiro atoms. The third-order valence-corrected chi connectivity index (χ3v) is 13.9. The van der Waals surface area contributed by atoms with Gasteiger partial charge in [-0.25, -0.2) is 0 Å². The number of rotatable bonds is 7. The lowest BCUT2D eigenvalue weighted by molar-refractivity contribution is 1.48. The van der Waals surface area contributed by atoms with E-state index in [0.29, 0.717) is 9.93 Å². The van der Waals surface area contributed by atoms with Crippen molar-refractivity contribution in [2.75, 3.05) is 22.3 Å². The maximum atomic E-state index is 2.34. The Morgan fingerprint density at radius 3 is 2.69 bits per heavy atom. The third kappa shape index (κ3) is 4.64. The second-order valence-electron chi connectivity index (χ2n) is 2.64. The molecule has 0 saturated carbocycles. The fourth-order valence-corrected chi connectivity index (χ4v) is 12.7. The van der Waals surface area contributed by atoms with E-state index < -0.39 is 0 Å². The number of thioether (sulfide) groups is 2. The van der Waals surface area contributed by atoms with Crippen LogP contribution in [0.15, 0.2) is 0 Å². The minimum absolute atomic E-state index is 0.672. The van der Waals surface area contributed by atoms with Gasteiger partial charge in [-0.3, -0.25) is 0 Å². The average Bonchev–Trinajstić information content (AvgIpc) is 2.99. The fourth-order valence-electron chi connectivity index (χ4n) is 0.816. The summed E-state index contributed by atoms with van der Waals surface area (Å²) in [6.45, 7) is 2.34. The van der Waals surface area contributed by atoms with Gasteiger partial charge in [-0.15, -0.1) is 11.8 Å². The summed E-state index contributed by atoms with van der Waals surface area (Å²) in [5, 5.41) is 1.30. The van der Waals surface area contributed by atoms with Crippen LogP contribution in [0.25, 0.3) is 0 Å². The predicted molar refractivity (Wildman–Crippen MR) is 78.0 cm³/mol. The average molecular weight is 290 g/mol. The van der Waals surface area contributed by atoms with E-state index in [1.54, 1.807) is 0 Å². The highest BCUT2D eigenvalue weighted by Crippen LogP contribution is 2.49. The van der Waals surface area contributed by atoms with Crippen LogP contribution in [0.3, 0.4) is 0 Å². The van der Waals surface area contributed by atoms with Crippen LogP contribution < -0.4 is 0 Å². The molecule has 0 radical (unpaired) electrons. The molecule has 2 rings (SSSR count). The van der Waals surface area contributed by atoms with E-state index in [9.17, 15) is 0 Å². The van der Waals surface area contributed by atoms with Crippen LogP contribution in [-0.4, -0.2) is 31.5 Å². The van der Waals surface area contributed by atoms with Crippen molar-refractivity contribution < 1.29 is 0 Å². The summed E-state index contributed by atoms with van der Waals surface area (Å²) in [5.74, 6) is 4.20. The summed E-state index contributed by atoms with van der Waals surface area (Å²) in [5.41, 5.74) is 0. The van der Waals surface area contributed by atoms with Gasteiger partial charge in [0.15, 0.2) is 4.58 Å². The normalized spacial score (nSPS) is 33.0. The van der Waals surface area contributed by atoms with Gasteiger partial charge in [-0.1, -0.05) is 33.3 Å². The van der Waals surface area contributed by atoms with Crippen molar-refractivity contribution in [3.8, 4) is 0 Å². The van der Waals surface area contributed by atoms with Crippen molar-refractivity contribution in [3.05, 3.63) is 0 Å². The molecule has 2 fully saturated rings. The molecule has 0 aliphatic carbocycles. The Morgan fingerprint density at radius 2 is 2.15 bits per heavy atom. The van der Waals surface area contributed by atoms with Gasteiger partial charge >= 0.3 is 0 Å². The van der Waals surface area contributed by atoms with E-state index in [1.165, 1.54) is 22.3 Å². The minimum Gasteiger partial charge on any atom is -0.144 e. The summed E-state index contributed by atoms with van der Waals surface area (Å²) in [4.78, 5) is 0. The molecule has 2 aliphatic heterocycles. The second-order valence-corrected chi connectivity index (χ2v) is 13.1. The molecule has 0 aromatic rings. The summed E-state index contributed by atoms with van der Waals surface area (Å²) in [6.07, 6.45) is 0. The molecule has 0 nitrogen and oxygen atoms in total. The number of hydrogen-bond donors (Lipinski definition) is 0. The predicted octanol–water partition coefficient (Wildman–Crippen LogP) is 3.76. The van der Waals surface area contributed by atoms with E-state index in [0.717, 1.165) is 9.16 Å². The first kappa shape index (κ1) is 11.6. The van der Waals surface area contributed by atoms with Gasteiger partial charge in [0.1, 0.15) is 16.5 Å². The maximum absolute atomic E-state index is 2.34. The molecular formula is C7H13S6+. The molecule has 0 amide bonds. The largest absolute Gasteiger partial charge is 0.184 e. The first-order valence-corrected chi connectivity index (χ1v) is 11.7. The van der Waals surface area contributed by atoms with E-state index in [-0.39, 0.29) is 0 Å². The van der Waals surface area contributed by atoms with Gasteiger partial charge in [0.2, 0.25) is 0 Å². The highest BCUT2D eigenvalue weighted by atomic mass is 33.2. The summed E-state index contributed by atoms with van der Waals surface area (Å²) < 4.78 is 1.96. The molecule has 76 valence electrons. The molecule has 3 atom stereocenters. The van der Waals surface area contributed by atoms with Crippen molar-refractivity contribution in [3.63, 3.8) is 0 Å². The van der Waals surface area contributed by atoms with E-state index in [1.807, 2.05) is 0 Å². The standard InChI is InChI=1S/C7H13S6/c1-2-13(7-4-9-7)11-5-10-12-6-3-8-6/h6-7H,2-5H2,1H3/q+1. The zero-order valence-electron chi connectivity index (χ0n) is 7.43. The molecule has 0 N–H and O–H groups in total. The molecule has 2 aliphatic rings. The highest BCUT2D eigenvalue weighted by Gasteiger charge is 2.41. The first-order chi connectivity index (χ1) is 6.40. The molecule has 6 heteroatoms. The number of hydrogen-bond acceptors (Lipinski definition) is 5. The van der Waals surface area contributed by atoms with Crippen LogP contribution in [0, 0.1) is 0 Å². The van der Waals surface area contributed by atoms with Crippen LogP contribution in [0.2, 0.25) is 0 Å². The Morgan fingerprint density at radius 1 is 1.38 bits per heavy atom. The van der Waals surface area contributed by atoms with Crippen LogP contribution in [-0.2, 0) is 9.93 Å². The maximum Gasteiger partial charge on any atom is 0.184 e. The van der Waals surface area contributed by atoms with Crippen molar-refractivity contribution >= 4 is 65.8 Å². The van der Waals surface area contributed by atoms with Crippen LogP contribution in [0.4, 0.5) is 0 Å². The Hall–Kier alpha value is 2.10. The monoisotopic (exact) mass is 289 g/mol. The molecule has 2 saturated heterocycles. The van der Waals surface area contributed by atoms with Crippen molar-refractivity contribution in [2.45, 2.75) is 16.1 Å². The van der Waals surface area contributed by atoms with Gasteiger partial charge in [0, 0.05) is 5.75 Å². The van der Waals surface area contributed by atoms with E-state index in [4.69, 9.17) is 0 Å². The second kappa shape index (κ2) is 5.99. The lowest BCUT2D eigenvalue weighted by Crippen LogP contribution is -2.05. The summed E-state index contributed by atoms with van der Waals surface area (Å²) >= 11 is 4.23. The molecule has 13 heavy (non-hydrogen) atoms. The van der Waals surface area contributed by atoms with Crippen molar-refractivity contribution in [1.29, 1.82) is 0 Å². The third-order valence-electron chi connectivity index (χ3n) is 1.61. The first-order valence-electron chi connectivity index (χ1n) is 4.24. The molecule has 0 aromatic carbocycles. The lowest BCUT2D eigenvalue weighted by atomic mass is 11.0. The Bertz CT molecular complexity index is 155. The van der Waals surface area contributed by atoms with Gasteiger partial charge in [0.05, 0.1) is 25.3 Å². The van der Waals surface area contributed by atoms with Crippen molar-refractivity contribution in [1.82, 2.24) is 0 Å². The lowest BCUT2D eigenvalue weighted by Gasteiger charge is -2.00. The smallest absolute Gasteiger partial charge is 0.144 e. The van der Waals surface area contributed by atoms with Gasteiger partial charge < -0.3 is 0 Å². The Kier molecular flexibility index (Phi) is 5.34. The molecule has 0 aromatic heterocycles. The Balaban J connectivity index is 1.49. The summed E-state index contributed by atoms with van der Waals surface area (Å²) in [6, 6.07) is 0. The van der Waals surface area contributed by atoms with Gasteiger partial charge in [-0.2, -0.15) is 0 Å². The van der Waals surface area contributed by atoms with E-state index in [2.05, 4.69) is 62.8 Å². The molecule has 0 bridgehead atoms. The van der Waals surface area contributed by atoms with Crippen LogP contribution in [0.5, 0.6) is 0 Å². The molecule has 2 heterocycles. The van der Waals surface area contributed by atoms with Crippen molar-refractivity contribution in [2.24, 2.45) is 0 Å². The SMILES string of the molecule is CC[S+](SCSSC1CS1)C1CS1. The van der Waals surface area contributed by atoms with Gasteiger partial charge in [-0.05, 0) is 6.92 Å². The topological polar surface area (TPSA) is 0 Å². The quantitative estimate of drug-likeness (QED) is 0.229. The van der Waals surface area contributed by atoms with E-state index >= 15 is 0 Å². The van der Waals surface area contributed by atoms with Gasteiger partial charge in [0.25, 0.3) is 0 Å². The highest BCUT2D eigenvalue weighted by molar-refractivity contribution is 8.85. The molecular weight excluding hydrogens is 276 g/mol. The fraction of sp³-hybridized carbons (Fsp3) is 1.00. The molecule has 3 unspecified atom stereocenters. The minimum atomic E-state index is 0.672.